The van der Waals surface area contributed by atoms with E-state index in [2.05, 4.69) is 40.4 Å². The van der Waals surface area contributed by atoms with E-state index in [4.69, 9.17) is 4.74 Å². The summed E-state index contributed by atoms with van der Waals surface area (Å²) in [6.07, 6.45) is 1.73. The van der Waals surface area contributed by atoms with Gasteiger partial charge in [-0.15, -0.1) is 5.10 Å². The number of aromatic nitrogens is 3. The Morgan fingerprint density at radius 1 is 1.10 bits per heavy atom. The lowest BCUT2D eigenvalue weighted by Gasteiger charge is -2.10. The van der Waals surface area contributed by atoms with Gasteiger partial charge >= 0.3 is 0 Å². The van der Waals surface area contributed by atoms with Crippen molar-refractivity contribution in [1.29, 1.82) is 0 Å². The Morgan fingerprint density at radius 2 is 1.86 bits per heavy atom. The number of rotatable bonds is 6. The Balaban J connectivity index is 2.07. The van der Waals surface area contributed by atoms with Crippen molar-refractivity contribution in [2.24, 2.45) is 0 Å². The van der Waals surface area contributed by atoms with Crippen molar-refractivity contribution in [1.82, 2.24) is 15.2 Å². The van der Waals surface area contributed by atoms with Crippen LogP contribution in [0, 0.1) is 6.92 Å². The molecule has 0 aliphatic carbocycles. The normalized spacial score (nSPS) is 10.5. The molecule has 0 radical (unpaired) electrons. The topological polar surface area (TPSA) is 59.9 Å². The molecule has 0 saturated heterocycles. The van der Waals surface area contributed by atoms with Crippen LogP contribution in [0.5, 0.6) is 5.75 Å². The molecule has 0 amide bonds. The van der Waals surface area contributed by atoms with Crippen LogP contribution in [0.3, 0.4) is 0 Å². The summed E-state index contributed by atoms with van der Waals surface area (Å²) in [5.74, 6) is 1.48. The fourth-order valence-electron chi connectivity index (χ4n) is 2.24. The monoisotopic (exact) mass is 286 g/mol. The van der Waals surface area contributed by atoms with Gasteiger partial charge in [0.25, 0.3) is 0 Å². The van der Waals surface area contributed by atoms with Crippen LogP contribution in [0.25, 0.3) is 0 Å². The molecule has 1 aromatic heterocycles. The number of benzene rings is 1. The van der Waals surface area contributed by atoms with Crippen LogP contribution in [-0.4, -0.2) is 22.3 Å². The van der Waals surface area contributed by atoms with Crippen LogP contribution in [-0.2, 0) is 19.4 Å². The minimum atomic E-state index is 0.581. The molecule has 0 spiro atoms. The first-order valence-corrected chi connectivity index (χ1v) is 7.27. The van der Waals surface area contributed by atoms with Gasteiger partial charge in [-0.3, -0.25) is 0 Å². The summed E-state index contributed by atoms with van der Waals surface area (Å²) >= 11 is 0. The summed E-state index contributed by atoms with van der Waals surface area (Å²) in [5.41, 5.74) is 4.27. The Bertz CT molecular complexity index is 613. The maximum absolute atomic E-state index is 5.26. The highest BCUT2D eigenvalue weighted by Crippen LogP contribution is 2.19. The second-order valence-electron chi connectivity index (χ2n) is 4.89. The molecule has 0 aliphatic rings. The number of hydrogen-bond acceptors (Lipinski definition) is 5. The summed E-state index contributed by atoms with van der Waals surface area (Å²) < 4.78 is 5.26. The maximum Gasteiger partial charge on any atom is 0.243 e. The van der Waals surface area contributed by atoms with E-state index < -0.39 is 0 Å². The fourth-order valence-corrected chi connectivity index (χ4v) is 2.24. The molecule has 5 heteroatoms. The minimum Gasteiger partial charge on any atom is -0.496 e. The minimum absolute atomic E-state index is 0.581. The van der Waals surface area contributed by atoms with E-state index in [1.165, 1.54) is 0 Å². The second kappa shape index (κ2) is 7.02. The molecule has 5 nitrogen and oxygen atoms in total. The van der Waals surface area contributed by atoms with Gasteiger partial charge < -0.3 is 10.1 Å². The van der Waals surface area contributed by atoms with Gasteiger partial charge in [0.1, 0.15) is 5.75 Å². The van der Waals surface area contributed by atoms with Crippen molar-refractivity contribution in [2.45, 2.75) is 40.2 Å². The van der Waals surface area contributed by atoms with E-state index in [9.17, 15) is 0 Å². The van der Waals surface area contributed by atoms with Crippen LogP contribution in [0.15, 0.2) is 18.2 Å². The summed E-state index contributed by atoms with van der Waals surface area (Å²) in [6, 6.07) is 6.11. The van der Waals surface area contributed by atoms with Gasteiger partial charge in [0, 0.05) is 6.54 Å². The average Bonchev–Trinajstić information content (AvgIpc) is 2.52. The molecule has 0 unspecified atom stereocenters. The molecule has 0 bridgehead atoms. The molecule has 2 aromatic rings. The number of anilines is 1. The first-order chi connectivity index (χ1) is 10.2. The zero-order chi connectivity index (χ0) is 15.2. The Hall–Kier alpha value is -2.17. The third-order valence-corrected chi connectivity index (χ3v) is 3.42. The van der Waals surface area contributed by atoms with Crippen LogP contribution in [0.2, 0.25) is 0 Å². The first kappa shape index (κ1) is 15.2. The maximum atomic E-state index is 5.26. The smallest absolute Gasteiger partial charge is 0.243 e. The quantitative estimate of drug-likeness (QED) is 0.884. The largest absolute Gasteiger partial charge is 0.496 e. The Morgan fingerprint density at radius 3 is 2.48 bits per heavy atom. The average molecular weight is 286 g/mol. The molecule has 0 aliphatic heterocycles. The molecule has 1 N–H and O–H groups in total. The predicted molar refractivity (Wildman–Crippen MR) is 83.6 cm³/mol. The van der Waals surface area contributed by atoms with Gasteiger partial charge in [-0.05, 0) is 37.0 Å². The second-order valence-corrected chi connectivity index (χ2v) is 4.89. The van der Waals surface area contributed by atoms with E-state index in [1.807, 2.05) is 19.1 Å². The molecule has 0 atom stereocenters. The summed E-state index contributed by atoms with van der Waals surface area (Å²) in [6.45, 7) is 6.85. The van der Waals surface area contributed by atoms with Gasteiger partial charge in [0.2, 0.25) is 5.95 Å². The lowest BCUT2D eigenvalue weighted by molar-refractivity contribution is 0.411. The fraction of sp³-hybridized carbons (Fsp3) is 0.438. The SMILES string of the molecule is CCc1nnc(NCc2ccc(OC)c(C)c2)nc1CC. The van der Waals surface area contributed by atoms with Gasteiger partial charge in [0.15, 0.2) is 0 Å². The number of hydrogen-bond donors (Lipinski definition) is 1. The lowest BCUT2D eigenvalue weighted by Crippen LogP contribution is -2.09. The number of nitrogens with one attached hydrogen (secondary N) is 1. The summed E-state index contributed by atoms with van der Waals surface area (Å²) in [4.78, 5) is 4.52. The van der Waals surface area contributed by atoms with Crippen molar-refractivity contribution in [3.05, 3.63) is 40.7 Å². The van der Waals surface area contributed by atoms with Gasteiger partial charge in [0.05, 0.1) is 18.5 Å². The van der Waals surface area contributed by atoms with Crippen LogP contribution in [0.4, 0.5) is 5.95 Å². The molecule has 2 rings (SSSR count). The lowest BCUT2D eigenvalue weighted by atomic mass is 10.1. The Kier molecular flexibility index (Phi) is 5.09. The molecular formula is C16H22N4O. The number of ether oxygens (including phenoxy) is 1. The van der Waals surface area contributed by atoms with Crippen molar-refractivity contribution in [3.8, 4) is 5.75 Å². The number of nitrogens with zero attached hydrogens (tertiary/aromatic N) is 3. The summed E-state index contributed by atoms with van der Waals surface area (Å²) in [5, 5.41) is 11.6. The van der Waals surface area contributed by atoms with Crippen molar-refractivity contribution in [3.63, 3.8) is 0 Å². The third kappa shape index (κ3) is 3.68. The van der Waals surface area contributed by atoms with Crippen LogP contribution < -0.4 is 10.1 Å². The zero-order valence-corrected chi connectivity index (χ0v) is 13.1. The van der Waals surface area contributed by atoms with Gasteiger partial charge in [-0.1, -0.05) is 26.0 Å². The van der Waals surface area contributed by atoms with E-state index in [0.717, 1.165) is 41.1 Å². The van der Waals surface area contributed by atoms with E-state index in [1.54, 1.807) is 7.11 Å². The van der Waals surface area contributed by atoms with Crippen molar-refractivity contribution in [2.75, 3.05) is 12.4 Å². The molecule has 0 saturated carbocycles. The third-order valence-electron chi connectivity index (χ3n) is 3.42. The molecule has 1 aromatic carbocycles. The van der Waals surface area contributed by atoms with Crippen LogP contribution >= 0.6 is 0 Å². The Labute approximate surface area is 125 Å². The summed E-state index contributed by atoms with van der Waals surface area (Å²) in [7, 11) is 1.68. The molecule has 1 heterocycles. The van der Waals surface area contributed by atoms with Crippen LogP contribution in [0.1, 0.15) is 36.4 Å². The van der Waals surface area contributed by atoms with E-state index >= 15 is 0 Å². The van der Waals surface area contributed by atoms with Gasteiger partial charge in [-0.25, -0.2) is 4.98 Å². The molecule has 112 valence electrons. The first-order valence-electron chi connectivity index (χ1n) is 7.27. The molecule has 0 fully saturated rings. The van der Waals surface area contributed by atoms with E-state index in [-0.39, 0.29) is 0 Å². The highest BCUT2D eigenvalue weighted by Gasteiger charge is 2.06. The molecule has 21 heavy (non-hydrogen) atoms. The van der Waals surface area contributed by atoms with E-state index in [0.29, 0.717) is 12.5 Å². The highest BCUT2D eigenvalue weighted by molar-refractivity contribution is 5.37. The molecular weight excluding hydrogens is 264 g/mol. The number of aryl methyl sites for hydroxylation is 3. The van der Waals surface area contributed by atoms with Crippen molar-refractivity contribution < 1.29 is 4.74 Å². The predicted octanol–water partition coefficient (Wildman–Crippen LogP) is 2.93. The highest BCUT2D eigenvalue weighted by atomic mass is 16.5. The number of methoxy groups -OCH3 is 1. The zero-order valence-electron chi connectivity index (χ0n) is 13.1. The van der Waals surface area contributed by atoms with Gasteiger partial charge in [-0.2, -0.15) is 5.10 Å². The standard InChI is InChI=1S/C16H22N4O/c1-5-13-14(6-2)19-20-16(18-13)17-10-12-7-8-15(21-4)11(3)9-12/h7-9H,5-6,10H2,1-4H3,(H,17,18,20). The van der Waals surface area contributed by atoms with Crippen molar-refractivity contribution >= 4 is 5.95 Å².